The summed E-state index contributed by atoms with van der Waals surface area (Å²) in [6.07, 6.45) is 11.2. The standard InChI is InChI=1S/C24H38O4/c1-5-6-7-10-19-12-13-28-15-17(3)20-11-8-9-16(2)14-21(20)18(4)23(25)22(19)24(26)27/h12,14,17-18,20-21,25H,5-11,13,15H2,1-4H3,(H,26,27)/b19-12-,23-22-. The van der Waals surface area contributed by atoms with Crippen LogP contribution >= 0.6 is 0 Å². The highest BCUT2D eigenvalue weighted by molar-refractivity contribution is 5.92. The summed E-state index contributed by atoms with van der Waals surface area (Å²) in [6.45, 7) is 9.56. The molecule has 4 unspecified atom stereocenters. The highest BCUT2D eigenvalue weighted by Gasteiger charge is 2.35. The van der Waals surface area contributed by atoms with Gasteiger partial charge >= 0.3 is 5.97 Å². The Morgan fingerprint density at radius 1 is 1.29 bits per heavy atom. The van der Waals surface area contributed by atoms with E-state index in [2.05, 4.69) is 26.8 Å². The van der Waals surface area contributed by atoms with Crippen molar-refractivity contribution in [3.63, 3.8) is 0 Å². The molecule has 2 N–H and O–H groups in total. The molecule has 4 atom stereocenters. The maximum atomic E-state index is 12.1. The van der Waals surface area contributed by atoms with Crippen LogP contribution < -0.4 is 0 Å². The Morgan fingerprint density at radius 2 is 2.04 bits per heavy atom. The fourth-order valence-electron chi connectivity index (χ4n) is 4.78. The molecule has 158 valence electrons. The Labute approximate surface area is 170 Å². The molecule has 2 aliphatic rings. The molecule has 0 spiro atoms. The van der Waals surface area contributed by atoms with E-state index in [0.717, 1.165) is 38.5 Å². The van der Waals surface area contributed by atoms with Crippen LogP contribution in [0.1, 0.15) is 72.6 Å². The number of unbranched alkanes of at least 4 members (excludes halogenated alkanes) is 2. The first kappa shape index (κ1) is 22.7. The van der Waals surface area contributed by atoms with Crippen LogP contribution in [0.4, 0.5) is 0 Å². The van der Waals surface area contributed by atoms with E-state index >= 15 is 0 Å². The molecule has 2 rings (SSSR count). The molecule has 4 nitrogen and oxygen atoms in total. The number of aliphatic carboxylic acids is 1. The lowest BCUT2D eigenvalue weighted by atomic mass is 9.73. The van der Waals surface area contributed by atoms with Gasteiger partial charge in [-0.15, -0.1) is 0 Å². The van der Waals surface area contributed by atoms with Crippen LogP contribution in [0.3, 0.4) is 0 Å². The van der Waals surface area contributed by atoms with Gasteiger partial charge in [-0.25, -0.2) is 4.79 Å². The van der Waals surface area contributed by atoms with Crippen molar-refractivity contribution in [2.45, 2.75) is 72.6 Å². The van der Waals surface area contributed by atoms with Gasteiger partial charge in [-0.2, -0.15) is 0 Å². The van der Waals surface area contributed by atoms with Crippen molar-refractivity contribution in [2.75, 3.05) is 13.2 Å². The molecule has 4 heteroatoms. The average molecular weight is 391 g/mol. The summed E-state index contributed by atoms with van der Waals surface area (Å²) in [4.78, 5) is 12.1. The number of fused-ring (bicyclic) bond motifs is 1. The lowest BCUT2D eigenvalue weighted by molar-refractivity contribution is -0.132. The average Bonchev–Trinajstić information content (AvgIpc) is 2.85. The van der Waals surface area contributed by atoms with Gasteiger partial charge in [0.1, 0.15) is 11.3 Å². The van der Waals surface area contributed by atoms with Crippen molar-refractivity contribution in [1.29, 1.82) is 0 Å². The van der Waals surface area contributed by atoms with Gasteiger partial charge in [0.05, 0.1) is 6.61 Å². The maximum Gasteiger partial charge on any atom is 0.339 e. The number of aliphatic hydroxyl groups is 1. The molecule has 0 aromatic heterocycles. The minimum atomic E-state index is -1.04. The first-order valence-corrected chi connectivity index (χ1v) is 11.0. The molecule has 0 amide bonds. The molecular formula is C24H38O4. The molecule has 1 aliphatic carbocycles. The zero-order valence-electron chi connectivity index (χ0n) is 18.0. The number of ether oxygens (including phenoxy) is 1. The summed E-state index contributed by atoms with van der Waals surface area (Å²) in [5.74, 6) is -0.350. The van der Waals surface area contributed by atoms with Crippen LogP contribution in [0, 0.1) is 23.7 Å². The van der Waals surface area contributed by atoms with Gasteiger partial charge in [0.25, 0.3) is 0 Å². The molecule has 0 aromatic rings. The van der Waals surface area contributed by atoms with Gasteiger partial charge in [0.2, 0.25) is 0 Å². The second kappa shape index (κ2) is 10.8. The molecule has 0 saturated heterocycles. The third kappa shape index (κ3) is 5.73. The summed E-state index contributed by atoms with van der Waals surface area (Å²) >= 11 is 0. The number of carbonyl (C=O) groups is 1. The van der Waals surface area contributed by atoms with Crippen LogP contribution in [0.2, 0.25) is 0 Å². The van der Waals surface area contributed by atoms with Crippen LogP contribution in [-0.4, -0.2) is 29.4 Å². The van der Waals surface area contributed by atoms with Gasteiger partial charge in [0.15, 0.2) is 0 Å². The number of carboxylic acid groups (broad SMARTS) is 1. The van der Waals surface area contributed by atoms with Crippen molar-refractivity contribution in [3.8, 4) is 0 Å². The number of carboxylic acids is 1. The predicted octanol–water partition coefficient (Wildman–Crippen LogP) is 6.05. The zero-order valence-corrected chi connectivity index (χ0v) is 18.0. The van der Waals surface area contributed by atoms with Crippen LogP contribution in [0.5, 0.6) is 0 Å². The first-order chi connectivity index (χ1) is 13.4. The van der Waals surface area contributed by atoms with E-state index in [4.69, 9.17) is 4.74 Å². The molecule has 0 aromatic carbocycles. The van der Waals surface area contributed by atoms with E-state index < -0.39 is 5.97 Å². The van der Waals surface area contributed by atoms with E-state index in [-0.39, 0.29) is 23.2 Å². The largest absolute Gasteiger partial charge is 0.511 e. The fraction of sp³-hybridized carbons (Fsp3) is 0.708. The van der Waals surface area contributed by atoms with E-state index in [9.17, 15) is 15.0 Å². The topological polar surface area (TPSA) is 66.8 Å². The van der Waals surface area contributed by atoms with E-state index in [1.165, 1.54) is 5.57 Å². The molecule has 0 radical (unpaired) electrons. The molecule has 0 bridgehead atoms. The van der Waals surface area contributed by atoms with Crippen molar-refractivity contribution in [3.05, 3.63) is 34.6 Å². The number of hydrogen-bond acceptors (Lipinski definition) is 3. The number of allylic oxidation sites excluding steroid dienone is 3. The second-order valence-electron chi connectivity index (χ2n) is 8.70. The highest BCUT2D eigenvalue weighted by atomic mass is 16.5. The van der Waals surface area contributed by atoms with E-state index in [0.29, 0.717) is 37.0 Å². The van der Waals surface area contributed by atoms with Crippen molar-refractivity contribution in [1.82, 2.24) is 0 Å². The van der Waals surface area contributed by atoms with Gasteiger partial charge in [-0.1, -0.05) is 51.3 Å². The smallest absolute Gasteiger partial charge is 0.339 e. The van der Waals surface area contributed by atoms with Crippen molar-refractivity contribution >= 4 is 5.97 Å². The predicted molar refractivity (Wildman–Crippen MR) is 113 cm³/mol. The van der Waals surface area contributed by atoms with E-state index in [1.807, 2.05) is 13.0 Å². The Morgan fingerprint density at radius 3 is 2.71 bits per heavy atom. The third-order valence-electron chi connectivity index (χ3n) is 6.49. The monoisotopic (exact) mass is 390 g/mol. The summed E-state index contributed by atoms with van der Waals surface area (Å²) in [5.41, 5.74) is 2.15. The molecule has 0 saturated carbocycles. The maximum absolute atomic E-state index is 12.1. The quantitative estimate of drug-likeness (QED) is 0.442. The fourth-order valence-corrected chi connectivity index (χ4v) is 4.78. The van der Waals surface area contributed by atoms with Gasteiger partial charge in [-0.3, -0.25) is 0 Å². The Kier molecular flexibility index (Phi) is 8.81. The second-order valence-corrected chi connectivity index (χ2v) is 8.70. The number of hydrogen-bond donors (Lipinski definition) is 2. The van der Waals surface area contributed by atoms with E-state index in [1.54, 1.807) is 0 Å². The Hall–Kier alpha value is -1.55. The highest BCUT2D eigenvalue weighted by Crippen LogP contribution is 2.41. The lowest BCUT2D eigenvalue weighted by Gasteiger charge is -2.33. The number of aliphatic hydroxyl groups excluding tert-OH is 1. The van der Waals surface area contributed by atoms with Crippen LogP contribution in [0.15, 0.2) is 34.6 Å². The molecule has 0 fully saturated rings. The Bertz CT molecular complexity index is 629. The summed E-state index contributed by atoms with van der Waals surface area (Å²) in [7, 11) is 0. The third-order valence-corrected chi connectivity index (χ3v) is 6.49. The van der Waals surface area contributed by atoms with Gasteiger partial charge in [0, 0.05) is 12.5 Å². The summed E-state index contributed by atoms with van der Waals surface area (Å²) in [5, 5.41) is 21.1. The molecular weight excluding hydrogens is 352 g/mol. The zero-order chi connectivity index (χ0) is 20.7. The normalized spacial score (nSPS) is 34.3. The van der Waals surface area contributed by atoms with Crippen LogP contribution in [-0.2, 0) is 9.53 Å². The van der Waals surface area contributed by atoms with Crippen molar-refractivity contribution < 1.29 is 19.7 Å². The molecule has 1 heterocycles. The molecule has 1 aliphatic heterocycles. The summed E-state index contributed by atoms with van der Waals surface area (Å²) < 4.78 is 5.94. The van der Waals surface area contributed by atoms with Crippen molar-refractivity contribution in [2.24, 2.45) is 23.7 Å². The van der Waals surface area contributed by atoms with Gasteiger partial charge in [-0.05, 0) is 62.4 Å². The van der Waals surface area contributed by atoms with Gasteiger partial charge < -0.3 is 14.9 Å². The molecule has 28 heavy (non-hydrogen) atoms. The summed E-state index contributed by atoms with van der Waals surface area (Å²) in [6, 6.07) is 0. The Balaban J connectivity index is 2.50. The minimum absolute atomic E-state index is 0.0327. The van der Waals surface area contributed by atoms with Crippen LogP contribution in [0.25, 0.3) is 0 Å². The lowest BCUT2D eigenvalue weighted by Crippen LogP contribution is -2.29. The minimum Gasteiger partial charge on any atom is -0.511 e. The number of rotatable bonds is 5. The SMILES string of the molecule is CCCCCC1=C/COCC(C)C2CCCC(C)=CC2C(C)/C(O)=C\1C(=O)O. The first-order valence-electron chi connectivity index (χ1n) is 11.0.